The van der Waals surface area contributed by atoms with Crippen molar-refractivity contribution in [2.45, 2.75) is 18.9 Å². The normalized spacial score (nSPS) is 16.3. The molecule has 0 aromatic heterocycles. The molecule has 1 aromatic carbocycles. The molecular weight excluding hydrogens is 318 g/mol. The van der Waals surface area contributed by atoms with Gasteiger partial charge in [0.2, 0.25) is 5.91 Å². The lowest BCUT2D eigenvalue weighted by atomic mass is 10.0. The summed E-state index contributed by atoms with van der Waals surface area (Å²) in [5, 5.41) is 2.45. The minimum absolute atomic E-state index is 0.101. The first-order chi connectivity index (χ1) is 10.8. The Kier molecular flexibility index (Phi) is 5.19. The Morgan fingerprint density at radius 1 is 1.13 bits per heavy atom. The predicted octanol–water partition coefficient (Wildman–Crippen LogP) is 0.922. The summed E-state index contributed by atoms with van der Waals surface area (Å²) in [6.07, 6.45) is 0.930. The first kappa shape index (κ1) is 17.2. The van der Waals surface area contributed by atoms with E-state index < -0.39 is 40.6 Å². The van der Waals surface area contributed by atoms with Crippen LogP contribution in [0.3, 0.4) is 0 Å². The van der Waals surface area contributed by atoms with Gasteiger partial charge >= 0.3 is 0 Å². The average molecular weight is 333 g/mol. The van der Waals surface area contributed by atoms with Crippen LogP contribution in [-0.4, -0.2) is 42.4 Å². The summed E-state index contributed by atoms with van der Waals surface area (Å²) in [7, 11) is 0. The SMILES string of the molecule is NC(=O)CN1CCC(NC(=O)c2cc(F)c(F)c(F)c2F)CC1. The highest BCUT2D eigenvalue weighted by atomic mass is 19.2. The maximum absolute atomic E-state index is 13.6. The number of primary amides is 1. The van der Waals surface area contributed by atoms with E-state index in [1.165, 1.54) is 0 Å². The van der Waals surface area contributed by atoms with E-state index in [-0.39, 0.29) is 12.6 Å². The second-order valence-corrected chi connectivity index (χ2v) is 5.34. The molecule has 1 heterocycles. The molecule has 0 aliphatic carbocycles. The van der Waals surface area contributed by atoms with Gasteiger partial charge in [-0.05, 0) is 18.9 Å². The lowest BCUT2D eigenvalue weighted by Crippen LogP contribution is -2.46. The van der Waals surface area contributed by atoms with E-state index in [9.17, 15) is 27.2 Å². The highest BCUT2D eigenvalue weighted by Gasteiger charge is 2.26. The van der Waals surface area contributed by atoms with Crippen LogP contribution < -0.4 is 11.1 Å². The van der Waals surface area contributed by atoms with Crippen LogP contribution in [0, 0.1) is 23.3 Å². The maximum atomic E-state index is 13.6. The monoisotopic (exact) mass is 333 g/mol. The van der Waals surface area contributed by atoms with E-state index in [0.29, 0.717) is 32.0 Å². The van der Waals surface area contributed by atoms with Crippen LogP contribution in [0.25, 0.3) is 0 Å². The topological polar surface area (TPSA) is 75.4 Å². The smallest absolute Gasteiger partial charge is 0.254 e. The van der Waals surface area contributed by atoms with E-state index in [4.69, 9.17) is 5.73 Å². The van der Waals surface area contributed by atoms with Crippen LogP contribution in [0.1, 0.15) is 23.2 Å². The van der Waals surface area contributed by atoms with Gasteiger partial charge in [-0.3, -0.25) is 14.5 Å². The predicted molar refractivity (Wildman–Crippen MR) is 72.4 cm³/mol. The van der Waals surface area contributed by atoms with Gasteiger partial charge in [0.05, 0.1) is 12.1 Å². The molecule has 23 heavy (non-hydrogen) atoms. The molecule has 1 aliphatic heterocycles. The average Bonchev–Trinajstić information content (AvgIpc) is 2.50. The lowest BCUT2D eigenvalue weighted by molar-refractivity contribution is -0.119. The molecule has 1 saturated heterocycles. The Labute approximate surface area is 129 Å². The third-order valence-electron chi connectivity index (χ3n) is 3.65. The summed E-state index contributed by atoms with van der Waals surface area (Å²) in [5.74, 6) is -8.83. The number of likely N-dealkylation sites (tertiary alicyclic amines) is 1. The quantitative estimate of drug-likeness (QED) is 0.489. The van der Waals surface area contributed by atoms with Crippen LogP contribution >= 0.6 is 0 Å². The Bertz CT molecular complexity index is 631. The molecule has 0 spiro atoms. The van der Waals surface area contributed by atoms with Crippen molar-refractivity contribution < 1.29 is 27.2 Å². The third-order valence-corrected chi connectivity index (χ3v) is 3.65. The van der Waals surface area contributed by atoms with E-state index in [0.717, 1.165) is 0 Å². The highest BCUT2D eigenvalue weighted by Crippen LogP contribution is 2.19. The standard InChI is InChI=1S/C14H15F4N3O2/c15-9-5-8(11(16)13(18)12(9)17)14(23)20-7-1-3-21(4-2-7)6-10(19)22/h5,7H,1-4,6H2,(H2,19,22)(H,20,23). The number of carbonyl (C=O) groups is 2. The second kappa shape index (κ2) is 6.95. The van der Waals surface area contributed by atoms with E-state index >= 15 is 0 Å². The van der Waals surface area contributed by atoms with Crippen molar-refractivity contribution in [1.82, 2.24) is 10.2 Å². The number of halogens is 4. The Morgan fingerprint density at radius 2 is 1.74 bits per heavy atom. The zero-order valence-electron chi connectivity index (χ0n) is 12.0. The van der Waals surface area contributed by atoms with Gasteiger partial charge < -0.3 is 11.1 Å². The van der Waals surface area contributed by atoms with Gasteiger partial charge in [-0.1, -0.05) is 0 Å². The summed E-state index contributed by atoms with van der Waals surface area (Å²) in [6, 6.07) is -0.0205. The molecule has 1 aromatic rings. The van der Waals surface area contributed by atoms with Crippen LogP contribution in [-0.2, 0) is 4.79 Å². The Balaban J connectivity index is 2.00. The molecule has 0 unspecified atom stereocenters. The molecule has 1 fully saturated rings. The number of nitrogens with zero attached hydrogens (tertiary/aromatic N) is 1. The molecule has 2 amide bonds. The number of nitrogens with two attached hydrogens (primary N) is 1. The minimum atomic E-state index is -2.02. The van der Waals surface area contributed by atoms with E-state index in [2.05, 4.69) is 5.32 Å². The number of rotatable bonds is 4. The highest BCUT2D eigenvalue weighted by molar-refractivity contribution is 5.94. The number of hydrogen-bond acceptors (Lipinski definition) is 3. The molecule has 2 rings (SSSR count). The summed E-state index contributed by atoms with van der Waals surface area (Å²) in [4.78, 5) is 24.5. The van der Waals surface area contributed by atoms with E-state index in [1.54, 1.807) is 4.90 Å². The van der Waals surface area contributed by atoms with Crippen LogP contribution in [0.15, 0.2) is 6.07 Å². The van der Waals surface area contributed by atoms with Gasteiger partial charge in [0.1, 0.15) is 0 Å². The zero-order valence-corrected chi connectivity index (χ0v) is 12.0. The molecule has 0 atom stereocenters. The van der Waals surface area contributed by atoms with Crippen molar-refractivity contribution in [2.75, 3.05) is 19.6 Å². The van der Waals surface area contributed by atoms with Gasteiger partial charge in [0.15, 0.2) is 23.3 Å². The van der Waals surface area contributed by atoms with Crippen molar-refractivity contribution in [3.63, 3.8) is 0 Å². The van der Waals surface area contributed by atoms with Crippen molar-refractivity contribution >= 4 is 11.8 Å². The maximum Gasteiger partial charge on any atom is 0.254 e. The van der Waals surface area contributed by atoms with Crippen molar-refractivity contribution in [1.29, 1.82) is 0 Å². The van der Waals surface area contributed by atoms with Gasteiger partial charge in [-0.2, -0.15) is 0 Å². The molecular formula is C14H15F4N3O2. The number of hydrogen-bond donors (Lipinski definition) is 2. The van der Waals surface area contributed by atoms with Crippen molar-refractivity contribution in [3.05, 3.63) is 34.9 Å². The largest absolute Gasteiger partial charge is 0.369 e. The third kappa shape index (κ3) is 3.98. The second-order valence-electron chi connectivity index (χ2n) is 5.34. The molecule has 0 saturated carbocycles. The Morgan fingerprint density at radius 3 is 2.30 bits per heavy atom. The van der Waals surface area contributed by atoms with Gasteiger partial charge in [-0.25, -0.2) is 17.6 Å². The number of piperidine rings is 1. The Hall–Kier alpha value is -2.16. The summed E-state index contributed by atoms with van der Waals surface area (Å²) < 4.78 is 52.7. The van der Waals surface area contributed by atoms with Crippen LogP contribution in [0.5, 0.6) is 0 Å². The van der Waals surface area contributed by atoms with E-state index in [1.807, 2.05) is 0 Å². The fraction of sp³-hybridized carbons (Fsp3) is 0.429. The fourth-order valence-corrected chi connectivity index (χ4v) is 2.46. The number of carbonyl (C=O) groups excluding carboxylic acids is 2. The minimum Gasteiger partial charge on any atom is -0.369 e. The molecule has 5 nitrogen and oxygen atoms in total. The van der Waals surface area contributed by atoms with Crippen LogP contribution in [0.4, 0.5) is 17.6 Å². The number of benzene rings is 1. The lowest BCUT2D eigenvalue weighted by Gasteiger charge is -2.31. The van der Waals surface area contributed by atoms with Crippen molar-refractivity contribution in [3.8, 4) is 0 Å². The molecule has 9 heteroatoms. The van der Waals surface area contributed by atoms with Crippen LogP contribution in [0.2, 0.25) is 0 Å². The van der Waals surface area contributed by atoms with Gasteiger partial charge in [0.25, 0.3) is 5.91 Å². The van der Waals surface area contributed by atoms with Crippen molar-refractivity contribution in [2.24, 2.45) is 5.73 Å². The van der Waals surface area contributed by atoms with Gasteiger partial charge in [0, 0.05) is 19.1 Å². The first-order valence-electron chi connectivity index (χ1n) is 6.94. The molecule has 1 aliphatic rings. The zero-order chi connectivity index (χ0) is 17.1. The summed E-state index contributed by atoms with van der Waals surface area (Å²) >= 11 is 0. The molecule has 3 N–H and O–H groups in total. The number of amides is 2. The molecule has 0 radical (unpaired) electrons. The fourth-order valence-electron chi connectivity index (χ4n) is 2.46. The summed E-state index contributed by atoms with van der Waals surface area (Å²) in [6.45, 7) is 1.08. The number of nitrogens with one attached hydrogen (secondary N) is 1. The summed E-state index contributed by atoms with van der Waals surface area (Å²) in [5.41, 5.74) is 4.19. The van der Waals surface area contributed by atoms with Gasteiger partial charge in [-0.15, -0.1) is 0 Å². The first-order valence-corrected chi connectivity index (χ1v) is 6.94. The molecule has 0 bridgehead atoms. The molecule has 126 valence electrons.